The van der Waals surface area contributed by atoms with Crippen LogP contribution in [0.4, 0.5) is 0 Å². The number of oxime groups is 1. The summed E-state index contributed by atoms with van der Waals surface area (Å²) in [6.07, 6.45) is 6.84. The average Bonchev–Trinajstić information content (AvgIpc) is 2.49. The van der Waals surface area contributed by atoms with E-state index >= 15 is 0 Å². The van der Waals surface area contributed by atoms with E-state index in [1.165, 1.54) is 24.0 Å². The standard InChI is InChI=1S/C19H28N2O/c1-16(14-21(2)3)15-22-20-19-12-8-7-11-18(19)13-17-9-5-4-6-10-17/h4-6,9-10,13,16H,7-8,11-12,14-15H2,1-3H3. The Labute approximate surface area is 134 Å². The third kappa shape index (κ3) is 5.64. The van der Waals surface area contributed by atoms with Crippen LogP contribution < -0.4 is 0 Å². The predicted octanol–water partition coefficient (Wildman–Crippen LogP) is 4.21. The van der Waals surface area contributed by atoms with E-state index in [0.717, 1.165) is 25.1 Å². The molecule has 0 amide bonds. The number of benzene rings is 1. The van der Waals surface area contributed by atoms with Gasteiger partial charge in [-0.1, -0.05) is 42.4 Å². The first-order chi connectivity index (χ1) is 10.6. The van der Waals surface area contributed by atoms with Gasteiger partial charge in [-0.3, -0.25) is 0 Å². The average molecular weight is 300 g/mol. The summed E-state index contributed by atoms with van der Waals surface area (Å²) >= 11 is 0. The fourth-order valence-electron chi connectivity index (χ4n) is 2.84. The molecule has 1 aliphatic rings. The molecule has 1 aliphatic carbocycles. The van der Waals surface area contributed by atoms with Crippen LogP contribution >= 0.6 is 0 Å². The molecule has 120 valence electrons. The van der Waals surface area contributed by atoms with Gasteiger partial charge in [0.2, 0.25) is 0 Å². The van der Waals surface area contributed by atoms with Gasteiger partial charge in [-0.15, -0.1) is 0 Å². The molecule has 1 saturated carbocycles. The highest BCUT2D eigenvalue weighted by Crippen LogP contribution is 2.23. The monoisotopic (exact) mass is 300 g/mol. The van der Waals surface area contributed by atoms with Crippen LogP contribution in [0.25, 0.3) is 6.08 Å². The molecule has 0 bridgehead atoms. The van der Waals surface area contributed by atoms with Gasteiger partial charge in [-0.25, -0.2) is 0 Å². The van der Waals surface area contributed by atoms with Crippen LogP contribution in [-0.4, -0.2) is 37.9 Å². The lowest BCUT2D eigenvalue weighted by Crippen LogP contribution is -2.22. The second-order valence-corrected chi connectivity index (χ2v) is 6.49. The van der Waals surface area contributed by atoms with Crippen molar-refractivity contribution in [1.82, 2.24) is 4.90 Å². The zero-order valence-corrected chi connectivity index (χ0v) is 14.1. The summed E-state index contributed by atoms with van der Waals surface area (Å²) < 4.78 is 0. The van der Waals surface area contributed by atoms with E-state index in [9.17, 15) is 0 Å². The summed E-state index contributed by atoms with van der Waals surface area (Å²) in [7, 11) is 4.18. The van der Waals surface area contributed by atoms with Crippen LogP contribution in [0.2, 0.25) is 0 Å². The fraction of sp³-hybridized carbons (Fsp3) is 0.526. The van der Waals surface area contributed by atoms with Gasteiger partial charge in [-0.2, -0.15) is 0 Å². The van der Waals surface area contributed by atoms with Crippen molar-refractivity contribution < 1.29 is 4.84 Å². The van der Waals surface area contributed by atoms with Gasteiger partial charge in [0.15, 0.2) is 0 Å². The second kappa shape index (κ2) is 8.74. The van der Waals surface area contributed by atoms with E-state index < -0.39 is 0 Å². The van der Waals surface area contributed by atoms with E-state index in [0.29, 0.717) is 12.5 Å². The molecule has 1 aromatic rings. The molecule has 2 rings (SSSR count). The van der Waals surface area contributed by atoms with Crippen molar-refractivity contribution in [1.29, 1.82) is 0 Å². The van der Waals surface area contributed by atoms with Gasteiger partial charge in [0.05, 0.1) is 5.71 Å². The molecule has 3 nitrogen and oxygen atoms in total. The number of nitrogens with zero attached hydrogens (tertiary/aromatic N) is 2. The first kappa shape index (κ1) is 16.8. The normalized spacial score (nSPS) is 20.5. The maximum absolute atomic E-state index is 5.62. The van der Waals surface area contributed by atoms with E-state index in [2.05, 4.69) is 61.4 Å². The van der Waals surface area contributed by atoms with Gasteiger partial charge in [0, 0.05) is 12.5 Å². The zero-order chi connectivity index (χ0) is 15.8. The zero-order valence-electron chi connectivity index (χ0n) is 14.1. The molecular formula is C19H28N2O. The molecule has 3 heteroatoms. The predicted molar refractivity (Wildman–Crippen MR) is 94.0 cm³/mol. The molecule has 0 heterocycles. The number of hydrogen-bond donors (Lipinski definition) is 0. The minimum absolute atomic E-state index is 0.490. The lowest BCUT2D eigenvalue weighted by Gasteiger charge is -2.18. The maximum atomic E-state index is 5.62. The van der Waals surface area contributed by atoms with Crippen LogP contribution in [0.3, 0.4) is 0 Å². The lowest BCUT2D eigenvalue weighted by atomic mass is 9.91. The van der Waals surface area contributed by atoms with Crippen molar-refractivity contribution in [2.45, 2.75) is 32.6 Å². The highest BCUT2D eigenvalue weighted by molar-refractivity contribution is 6.03. The Hall–Kier alpha value is -1.61. The molecule has 1 unspecified atom stereocenters. The topological polar surface area (TPSA) is 24.8 Å². The second-order valence-electron chi connectivity index (χ2n) is 6.49. The van der Waals surface area contributed by atoms with Crippen molar-refractivity contribution >= 4 is 11.8 Å². The number of allylic oxidation sites excluding steroid dienone is 1. The maximum Gasteiger partial charge on any atom is 0.120 e. The van der Waals surface area contributed by atoms with Gasteiger partial charge in [-0.05, 0) is 57.0 Å². The molecular weight excluding hydrogens is 272 g/mol. The molecule has 1 fully saturated rings. The summed E-state index contributed by atoms with van der Waals surface area (Å²) in [4.78, 5) is 7.81. The highest BCUT2D eigenvalue weighted by Gasteiger charge is 2.14. The Morgan fingerprint density at radius 2 is 1.91 bits per heavy atom. The molecule has 0 radical (unpaired) electrons. The van der Waals surface area contributed by atoms with Gasteiger partial charge in [0.1, 0.15) is 6.61 Å². The Bertz CT molecular complexity index is 505. The van der Waals surface area contributed by atoms with E-state index in [-0.39, 0.29) is 0 Å². The van der Waals surface area contributed by atoms with Crippen LogP contribution in [0, 0.1) is 5.92 Å². The third-order valence-corrected chi connectivity index (χ3v) is 3.83. The lowest BCUT2D eigenvalue weighted by molar-refractivity contribution is 0.101. The summed E-state index contributed by atoms with van der Waals surface area (Å²) in [6.45, 7) is 3.90. The van der Waals surface area contributed by atoms with E-state index in [4.69, 9.17) is 4.84 Å². The highest BCUT2D eigenvalue weighted by atomic mass is 16.6. The first-order valence-electron chi connectivity index (χ1n) is 8.24. The number of hydrogen-bond acceptors (Lipinski definition) is 3. The first-order valence-corrected chi connectivity index (χ1v) is 8.24. The van der Waals surface area contributed by atoms with Crippen LogP contribution in [0.5, 0.6) is 0 Å². The Balaban J connectivity index is 1.97. The molecule has 1 atom stereocenters. The van der Waals surface area contributed by atoms with Crippen molar-refractivity contribution in [2.24, 2.45) is 11.1 Å². The van der Waals surface area contributed by atoms with Crippen LogP contribution in [0.1, 0.15) is 38.2 Å². The minimum atomic E-state index is 0.490. The van der Waals surface area contributed by atoms with Crippen molar-refractivity contribution in [3.63, 3.8) is 0 Å². The molecule has 0 aliphatic heterocycles. The summed E-state index contributed by atoms with van der Waals surface area (Å²) in [5, 5.41) is 4.44. The molecule has 0 aromatic heterocycles. The summed E-state index contributed by atoms with van der Waals surface area (Å²) in [5.41, 5.74) is 3.71. The smallest absolute Gasteiger partial charge is 0.120 e. The van der Waals surface area contributed by atoms with Crippen molar-refractivity contribution in [3.8, 4) is 0 Å². The Kier molecular flexibility index (Phi) is 6.66. The Morgan fingerprint density at radius 1 is 1.18 bits per heavy atom. The fourth-order valence-corrected chi connectivity index (χ4v) is 2.84. The summed E-state index contributed by atoms with van der Waals surface area (Å²) in [5.74, 6) is 0.490. The molecule has 0 N–H and O–H groups in total. The van der Waals surface area contributed by atoms with Gasteiger partial charge in [0.25, 0.3) is 0 Å². The Morgan fingerprint density at radius 3 is 2.64 bits per heavy atom. The molecule has 0 spiro atoms. The van der Waals surface area contributed by atoms with Crippen LogP contribution in [0.15, 0.2) is 41.1 Å². The minimum Gasteiger partial charge on any atom is -0.395 e. The van der Waals surface area contributed by atoms with Gasteiger partial charge < -0.3 is 9.74 Å². The molecule has 1 aromatic carbocycles. The van der Waals surface area contributed by atoms with Gasteiger partial charge >= 0.3 is 0 Å². The van der Waals surface area contributed by atoms with E-state index in [1.807, 2.05) is 6.07 Å². The quantitative estimate of drug-likeness (QED) is 0.735. The SMILES string of the molecule is CC(CON=C1CCCCC1=Cc1ccccc1)CN(C)C. The van der Waals surface area contributed by atoms with Crippen molar-refractivity contribution in [3.05, 3.63) is 41.5 Å². The number of rotatable bonds is 6. The van der Waals surface area contributed by atoms with E-state index in [1.54, 1.807) is 0 Å². The molecule has 0 saturated heterocycles. The third-order valence-electron chi connectivity index (χ3n) is 3.83. The molecule has 22 heavy (non-hydrogen) atoms. The largest absolute Gasteiger partial charge is 0.395 e. The van der Waals surface area contributed by atoms with Crippen LogP contribution in [-0.2, 0) is 4.84 Å². The van der Waals surface area contributed by atoms with Crippen molar-refractivity contribution in [2.75, 3.05) is 27.2 Å². The summed E-state index contributed by atoms with van der Waals surface area (Å²) in [6, 6.07) is 10.5.